The minimum Gasteiger partial charge on any atom is -0.285 e. The number of hydrogen-bond acceptors (Lipinski definition) is 4. The molecule has 24 heavy (non-hydrogen) atoms. The molecular formula is C17H13BrFN3OS. The first kappa shape index (κ1) is 16.9. The summed E-state index contributed by atoms with van der Waals surface area (Å²) in [5.41, 5.74) is 1.76. The molecule has 0 aliphatic carbocycles. The standard InChI is InChI=1S/C17H13BrFN3OS/c18-14-5-1-12(2-6-14)9-20-21-17-22(16(23)11-24-17)10-13-3-7-15(19)8-4-13/h1-9H,10-11H2/b20-9+,21-17+. The first-order valence-electron chi connectivity index (χ1n) is 7.16. The second-order valence-corrected chi connectivity index (χ2v) is 6.93. The van der Waals surface area contributed by atoms with Crippen LogP contribution in [0.3, 0.4) is 0 Å². The summed E-state index contributed by atoms with van der Waals surface area (Å²) in [6, 6.07) is 13.8. The van der Waals surface area contributed by atoms with Crippen molar-refractivity contribution in [1.29, 1.82) is 0 Å². The molecule has 122 valence electrons. The van der Waals surface area contributed by atoms with E-state index in [4.69, 9.17) is 0 Å². The van der Waals surface area contributed by atoms with Gasteiger partial charge < -0.3 is 0 Å². The first-order valence-corrected chi connectivity index (χ1v) is 8.94. The van der Waals surface area contributed by atoms with E-state index in [0.717, 1.165) is 15.6 Å². The van der Waals surface area contributed by atoms with Gasteiger partial charge in [-0.2, -0.15) is 5.10 Å². The molecule has 1 amide bonds. The number of benzene rings is 2. The molecule has 1 fully saturated rings. The molecule has 0 saturated carbocycles. The van der Waals surface area contributed by atoms with Crippen molar-refractivity contribution < 1.29 is 9.18 Å². The Hall–Kier alpha value is -1.99. The summed E-state index contributed by atoms with van der Waals surface area (Å²) in [6.45, 7) is 0.360. The van der Waals surface area contributed by atoms with Gasteiger partial charge in [0.2, 0.25) is 5.91 Å². The van der Waals surface area contributed by atoms with Crippen LogP contribution < -0.4 is 0 Å². The Bertz CT molecular complexity index is 790. The van der Waals surface area contributed by atoms with Gasteiger partial charge in [-0.1, -0.05) is 52.0 Å². The van der Waals surface area contributed by atoms with Crippen LogP contribution in [0, 0.1) is 5.82 Å². The van der Waals surface area contributed by atoms with Gasteiger partial charge >= 0.3 is 0 Å². The van der Waals surface area contributed by atoms with Crippen LogP contribution >= 0.6 is 27.7 Å². The van der Waals surface area contributed by atoms with Gasteiger partial charge in [0.15, 0.2) is 5.17 Å². The van der Waals surface area contributed by atoms with Crippen LogP contribution in [0.25, 0.3) is 0 Å². The summed E-state index contributed by atoms with van der Waals surface area (Å²) >= 11 is 4.72. The highest BCUT2D eigenvalue weighted by atomic mass is 79.9. The Balaban J connectivity index is 1.72. The molecule has 2 aromatic rings. The molecule has 7 heteroatoms. The number of halogens is 2. The van der Waals surface area contributed by atoms with E-state index < -0.39 is 0 Å². The van der Waals surface area contributed by atoms with Crippen molar-refractivity contribution in [1.82, 2.24) is 4.90 Å². The highest BCUT2D eigenvalue weighted by molar-refractivity contribution is 9.10. The maximum atomic E-state index is 13.0. The van der Waals surface area contributed by atoms with Gasteiger partial charge in [0, 0.05) is 4.47 Å². The Morgan fingerprint density at radius 2 is 1.88 bits per heavy atom. The summed E-state index contributed by atoms with van der Waals surface area (Å²) in [5.74, 6) is 0.0177. The molecule has 0 atom stereocenters. The molecule has 1 heterocycles. The predicted octanol–water partition coefficient (Wildman–Crippen LogP) is 4.05. The molecule has 3 rings (SSSR count). The largest absolute Gasteiger partial charge is 0.285 e. The van der Waals surface area contributed by atoms with Gasteiger partial charge in [-0.05, 0) is 35.4 Å². The van der Waals surface area contributed by atoms with Crippen LogP contribution in [-0.2, 0) is 11.3 Å². The molecule has 0 radical (unpaired) electrons. The summed E-state index contributed by atoms with van der Waals surface area (Å²) in [4.78, 5) is 13.6. The quantitative estimate of drug-likeness (QED) is 0.568. The smallest absolute Gasteiger partial charge is 0.239 e. The van der Waals surface area contributed by atoms with E-state index in [1.807, 2.05) is 24.3 Å². The summed E-state index contributed by atoms with van der Waals surface area (Å²) in [6.07, 6.45) is 1.64. The Morgan fingerprint density at radius 3 is 2.58 bits per heavy atom. The summed E-state index contributed by atoms with van der Waals surface area (Å²) in [5, 5.41) is 8.77. The fraction of sp³-hybridized carbons (Fsp3) is 0.118. The average molecular weight is 406 g/mol. The monoisotopic (exact) mass is 405 g/mol. The zero-order chi connectivity index (χ0) is 16.9. The third-order valence-corrected chi connectivity index (χ3v) is 4.81. The van der Waals surface area contributed by atoms with E-state index in [0.29, 0.717) is 17.5 Å². The molecule has 0 bridgehead atoms. The fourth-order valence-corrected chi connectivity index (χ4v) is 3.19. The Labute approximate surface area is 151 Å². The number of rotatable bonds is 4. The predicted molar refractivity (Wildman–Crippen MR) is 98.6 cm³/mol. The van der Waals surface area contributed by atoms with Crippen LogP contribution in [0.15, 0.2) is 63.2 Å². The van der Waals surface area contributed by atoms with Gasteiger partial charge in [-0.3, -0.25) is 9.69 Å². The SMILES string of the molecule is O=C1CS/C(=N/N=C/c2ccc(Br)cc2)N1Cc1ccc(F)cc1. The topological polar surface area (TPSA) is 45.0 Å². The maximum absolute atomic E-state index is 13.0. The zero-order valence-electron chi connectivity index (χ0n) is 12.5. The van der Waals surface area contributed by atoms with Crippen molar-refractivity contribution in [3.05, 3.63) is 69.9 Å². The lowest BCUT2D eigenvalue weighted by molar-refractivity contribution is -0.124. The van der Waals surface area contributed by atoms with Crippen molar-refractivity contribution in [2.24, 2.45) is 10.2 Å². The molecule has 1 aliphatic rings. The van der Waals surface area contributed by atoms with E-state index in [9.17, 15) is 9.18 Å². The molecule has 0 spiro atoms. The highest BCUT2D eigenvalue weighted by Crippen LogP contribution is 2.22. The number of hydrogen-bond donors (Lipinski definition) is 0. The van der Waals surface area contributed by atoms with Gasteiger partial charge in [-0.25, -0.2) is 4.39 Å². The van der Waals surface area contributed by atoms with Crippen molar-refractivity contribution >= 4 is 45.0 Å². The van der Waals surface area contributed by atoms with E-state index in [2.05, 4.69) is 26.1 Å². The minimum atomic E-state index is -0.297. The lowest BCUT2D eigenvalue weighted by Gasteiger charge is -2.15. The Kier molecular flexibility index (Phi) is 5.42. The molecule has 1 aliphatic heterocycles. The number of carbonyl (C=O) groups is 1. The van der Waals surface area contributed by atoms with Gasteiger partial charge in [0.1, 0.15) is 5.82 Å². The van der Waals surface area contributed by atoms with Gasteiger partial charge in [0.05, 0.1) is 18.5 Å². The number of amides is 1. The van der Waals surface area contributed by atoms with Crippen LogP contribution in [0.5, 0.6) is 0 Å². The summed E-state index contributed by atoms with van der Waals surface area (Å²) < 4.78 is 14.0. The molecular weight excluding hydrogens is 393 g/mol. The lowest BCUT2D eigenvalue weighted by atomic mass is 10.2. The average Bonchev–Trinajstić information content (AvgIpc) is 2.92. The first-order chi connectivity index (χ1) is 11.6. The van der Waals surface area contributed by atoms with Gasteiger partial charge in [0.25, 0.3) is 0 Å². The fourth-order valence-electron chi connectivity index (χ4n) is 2.09. The number of thioether (sulfide) groups is 1. The van der Waals surface area contributed by atoms with E-state index in [1.165, 1.54) is 23.9 Å². The minimum absolute atomic E-state index is 0.0260. The zero-order valence-corrected chi connectivity index (χ0v) is 14.9. The number of amidine groups is 1. The summed E-state index contributed by atoms with van der Waals surface area (Å²) in [7, 11) is 0. The molecule has 0 aromatic heterocycles. The van der Waals surface area contributed by atoms with Crippen LogP contribution in [0.1, 0.15) is 11.1 Å². The van der Waals surface area contributed by atoms with Crippen LogP contribution in [-0.4, -0.2) is 27.9 Å². The van der Waals surface area contributed by atoms with Crippen molar-refractivity contribution in [2.75, 3.05) is 5.75 Å². The van der Waals surface area contributed by atoms with Crippen molar-refractivity contribution in [2.45, 2.75) is 6.54 Å². The van der Waals surface area contributed by atoms with E-state index >= 15 is 0 Å². The molecule has 0 unspecified atom stereocenters. The van der Waals surface area contributed by atoms with Crippen molar-refractivity contribution in [3.63, 3.8) is 0 Å². The third-order valence-electron chi connectivity index (χ3n) is 3.33. The molecule has 4 nitrogen and oxygen atoms in total. The second kappa shape index (κ2) is 7.72. The van der Waals surface area contributed by atoms with Gasteiger partial charge in [-0.15, -0.1) is 5.10 Å². The molecule has 1 saturated heterocycles. The van der Waals surface area contributed by atoms with E-state index in [1.54, 1.807) is 23.2 Å². The Morgan fingerprint density at radius 1 is 1.17 bits per heavy atom. The number of nitrogens with zero attached hydrogens (tertiary/aromatic N) is 3. The van der Waals surface area contributed by atoms with Crippen LogP contribution in [0.2, 0.25) is 0 Å². The third kappa shape index (κ3) is 4.30. The molecule has 2 aromatic carbocycles. The maximum Gasteiger partial charge on any atom is 0.239 e. The number of carbonyl (C=O) groups excluding carboxylic acids is 1. The second-order valence-electron chi connectivity index (χ2n) is 5.07. The highest BCUT2D eigenvalue weighted by Gasteiger charge is 2.28. The molecule has 0 N–H and O–H groups in total. The normalized spacial score (nSPS) is 16.5. The van der Waals surface area contributed by atoms with Crippen LogP contribution in [0.4, 0.5) is 4.39 Å². The lowest BCUT2D eigenvalue weighted by Crippen LogP contribution is -2.28. The van der Waals surface area contributed by atoms with E-state index in [-0.39, 0.29) is 11.7 Å². The van der Waals surface area contributed by atoms with Crippen molar-refractivity contribution in [3.8, 4) is 0 Å².